The number of nitrogens with zero attached hydrogens (tertiary/aromatic N) is 4. The minimum absolute atomic E-state index is 0.734. The Balaban J connectivity index is 0.967. The molecule has 0 bridgehead atoms. The van der Waals surface area contributed by atoms with E-state index in [1.807, 2.05) is 114 Å². The molecule has 0 radical (unpaired) electrons. The zero-order valence-electron chi connectivity index (χ0n) is 27.8. The third kappa shape index (κ3) is 5.97. The van der Waals surface area contributed by atoms with Gasteiger partial charge in [0.1, 0.15) is 23.0 Å². The maximum atomic E-state index is 6.48. The lowest BCUT2D eigenvalue weighted by atomic mass is 10.0. The van der Waals surface area contributed by atoms with E-state index in [2.05, 4.69) is 89.4 Å². The maximum absolute atomic E-state index is 6.48. The van der Waals surface area contributed by atoms with Crippen molar-refractivity contribution >= 4 is 33.5 Å². The summed E-state index contributed by atoms with van der Waals surface area (Å²) in [6.45, 7) is 0. The first-order chi connectivity index (χ1) is 25.1. The average molecular weight is 661 g/mol. The molecule has 0 saturated heterocycles. The highest BCUT2D eigenvalue weighted by Crippen LogP contribution is 2.35. The van der Waals surface area contributed by atoms with Crippen LogP contribution in [0.25, 0.3) is 49.9 Å². The Labute approximate surface area is 295 Å². The van der Waals surface area contributed by atoms with Crippen molar-refractivity contribution in [2.24, 2.45) is 0 Å². The second-order valence-corrected chi connectivity index (χ2v) is 12.4. The van der Waals surface area contributed by atoms with Crippen LogP contribution in [-0.2, 0) is 0 Å². The van der Waals surface area contributed by atoms with Gasteiger partial charge >= 0.3 is 6.01 Å². The normalized spacial score (nSPS) is 12.3. The van der Waals surface area contributed by atoms with Crippen molar-refractivity contribution in [3.8, 4) is 51.1 Å². The first-order valence-electron chi connectivity index (χ1n) is 16.8. The van der Waals surface area contributed by atoms with Crippen LogP contribution in [0.3, 0.4) is 0 Å². The summed E-state index contributed by atoms with van der Waals surface area (Å²) in [4.78, 5) is 4.71. The predicted octanol–water partition coefficient (Wildman–Crippen LogP) is 11.0. The van der Waals surface area contributed by atoms with E-state index in [0.717, 1.165) is 56.8 Å². The molecule has 51 heavy (non-hydrogen) atoms. The molecule has 3 heterocycles. The highest BCUT2D eigenvalue weighted by molar-refractivity contribution is 6.09. The number of benzene rings is 6. The standard InChI is InChI=1S/C45H32N4O2/c1-47-24-25-48(31-47)35-12-8-16-39(29-35)51-38-15-7-11-34(27-38)43-28-33(22-23-46-43)32-10-6-14-37(26-32)50-40-17-9-13-36(30-40)49-44-20-4-2-18-41(44)42-19-3-5-21-45(42)49/h2-30H,1H3/q+2. The highest BCUT2D eigenvalue weighted by Gasteiger charge is 2.17. The van der Waals surface area contributed by atoms with Crippen molar-refractivity contribution in [2.75, 3.05) is 7.05 Å². The maximum Gasteiger partial charge on any atom is 0.495 e. The lowest BCUT2D eigenvalue weighted by molar-refractivity contribution is -0.429. The molecule has 1 aliphatic rings. The lowest BCUT2D eigenvalue weighted by Gasteiger charge is -2.12. The summed E-state index contributed by atoms with van der Waals surface area (Å²) < 4.78 is 18.9. The fourth-order valence-corrected chi connectivity index (χ4v) is 6.63. The van der Waals surface area contributed by atoms with Gasteiger partial charge in [-0.1, -0.05) is 81.9 Å². The monoisotopic (exact) mass is 660 g/mol. The summed E-state index contributed by atoms with van der Waals surface area (Å²) in [6, 6.07) is 56.8. The summed E-state index contributed by atoms with van der Waals surface area (Å²) in [6.07, 6.45) is 5.76. The SMILES string of the molecule is C[N+]1=C=[N+](c2cccc(Oc3cccc(-c4cc(-c5cccc(Oc6cccc(-n7c8ccccc8c8ccccc87)c6)c5)ccn4)c3)c2)C=C1. The molecule has 6 heteroatoms. The molecule has 0 unspecified atom stereocenters. The van der Waals surface area contributed by atoms with Gasteiger partial charge in [0.25, 0.3) is 6.20 Å². The van der Waals surface area contributed by atoms with Crippen molar-refractivity contribution in [1.82, 2.24) is 9.55 Å². The molecule has 0 atom stereocenters. The molecule has 0 amide bonds. The number of ether oxygens (including phenoxy) is 2. The van der Waals surface area contributed by atoms with E-state index in [4.69, 9.17) is 14.5 Å². The number of fused-ring (bicyclic) bond motifs is 3. The molecule has 0 aliphatic carbocycles. The quantitative estimate of drug-likeness (QED) is 0.152. The smallest absolute Gasteiger partial charge is 0.457 e. The van der Waals surface area contributed by atoms with Crippen LogP contribution in [0.2, 0.25) is 0 Å². The summed E-state index contributed by atoms with van der Waals surface area (Å²) in [5, 5.41) is 2.46. The van der Waals surface area contributed by atoms with Crippen molar-refractivity contribution < 1.29 is 18.6 Å². The van der Waals surface area contributed by atoms with E-state index < -0.39 is 0 Å². The van der Waals surface area contributed by atoms with Gasteiger partial charge in [-0.3, -0.25) is 4.98 Å². The molecule has 0 saturated carbocycles. The molecule has 6 aromatic carbocycles. The summed E-state index contributed by atoms with van der Waals surface area (Å²) in [5.41, 5.74) is 8.25. The number of hydrogen-bond acceptors (Lipinski definition) is 3. The van der Waals surface area contributed by atoms with Gasteiger partial charge in [-0.05, 0) is 77.9 Å². The van der Waals surface area contributed by atoms with Gasteiger partial charge in [0.15, 0.2) is 7.05 Å². The molecule has 8 aromatic rings. The van der Waals surface area contributed by atoms with E-state index in [-0.39, 0.29) is 0 Å². The number of aromatic nitrogens is 2. The van der Waals surface area contributed by atoms with Gasteiger partial charge in [0.2, 0.25) is 11.9 Å². The Morgan fingerprint density at radius 2 is 1.12 bits per heavy atom. The molecule has 2 aromatic heterocycles. The van der Waals surface area contributed by atoms with Gasteiger partial charge in [0.05, 0.1) is 22.8 Å². The van der Waals surface area contributed by atoms with Crippen LogP contribution in [0.15, 0.2) is 176 Å². The van der Waals surface area contributed by atoms with Crippen LogP contribution < -0.4 is 9.47 Å². The number of hydrogen-bond donors (Lipinski definition) is 0. The van der Waals surface area contributed by atoms with E-state index >= 15 is 0 Å². The Morgan fingerprint density at radius 3 is 1.82 bits per heavy atom. The van der Waals surface area contributed by atoms with Crippen molar-refractivity contribution in [3.05, 3.63) is 176 Å². The lowest BCUT2D eigenvalue weighted by Crippen LogP contribution is -1.94. The minimum atomic E-state index is 0.734. The minimum Gasteiger partial charge on any atom is -0.457 e. The van der Waals surface area contributed by atoms with Gasteiger partial charge in [-0.2, -0.15) is 0 Å². The Bertz CT molecular complexity index is 2660. The first-order valence-corrected chi connectivity index (χ1v) is 16.8. The Morgan fingerprint density at radius 1 is 0.529 bits per heavy atom. The van der Waals surface area contributed by atoms with Crippen LogP contribution in [0, 0.1) is 0 Å². The van der Waals surface area contributed by atoms with E-state index in [1.165, 1.54) is 21.8 Å². The van der Waals surface area contributed by atoms with Crippen molar-refractivity contribution in [2.45, 2.75) is 0 Å². The second-order valence-electron chi connectivity index (χ2n) is 12.4. The second kappa shape index (κ2) is 12.8. The van der Waals surface area contributed by atoms with E-state index in [9.17, 15) is 0 Å². The molecule has 0 spiro atoms. The van der Waals surface area contributed by atoms with Gasteiger partial charge in [-0.25, -0.2) is 0 Å². The highest BCUT2D eigenvalue weighted by atomic mass is 16.5. The van der Waals surface area contributed by atoms with Crippen LogP contribution in [-0.4, -0.2) is 31.8 Å². The van der Waals surface area contributed by atoms with Crippen molar-refractivity contribution in [1.29, 1.82) is 0 Å². The Kier molecular flexibility index (Phi) is 7.54. The molecule has 242 valence electrons. The molecule has 0 fully saturated rings. The number of para-hydroxylation sites is 2. The zero-order valence-corrected chi connectivity index (χ0v) is 27.8. The zero-order chi connectivity index (χ0) is 34.1. The third-order valence-corrected chi connectivity index (χ3v) is 8.99. The largest absolute Gasteiger partial charge is 0.495 e. The van der Waals surface area contributed by atoms with Crippen molar-refractivity contribution in [3.63, 3.8) is 0 Å². The van der Waals surface area contributed by atoms with Crippen LogP contribution in [0.5, 0.6) is 23.0 Å². The number of rotatable bonds is 8. The average Bonchev–Trinajstić information content (AvgIpc) is 3.77. The van der Waals surface area contributed by atoms with Gasteiger partial charge in [0, 0.05) is 40.4 Å². The predicted molar refractivity (Wildman–Crippen MR) is 203 cm³/mol. The van der Waals surface area contributed by atoms with Crippen LogP contribution in [0.1, 0.15) is 0 Å². The van der Waals surface area contributed by atoms with Gasteiger partial charge < -0.3 is 14.0 Å². The van der Waals surface area contributed by atoms with E-state index in [1.54, 1.807) is 0 Å². The van der Waals surface area contributed by atoms with Gasteiger partial charge in [-0.15, -0.1) is 0 Å². The molecule has 6 nitrogen and oxygen atoms in total. The third-order valence-electron chi connectivity index (χ3n) is 8.99. The van der Waals surface area contributed by atoms with Crippen LogP contribution in [0.4, 0.5) is 5.69 Å². The fraction of sp³-hybridized carbons (Fsp3) is 0.0222. The van der Waals surface area contributed by atoms with Crippen LogP contribution >= 0.6 is 0 Å². The number of pyridine rings is 1. The summed E-state index contributed by atoms with van der Waals surface area (Å²) in [7, 11) is 1.95. The Hall–Kier alpha value is -7.01. The molecule has 0 N–H and O–H groups in total. The topological polar surface area (TPSA) is 42.3 Å². The summed E-state index contributed by atoms with van der Waals surface area (Å²) in [5.74, 6) is 3.00. The fourth-order valence-electron chi connectivity index (χ4n) is 6.63. The molecule has 1 aliphatic heterocycles. The molecule has 9 rings (SSSR count). The molecular formula is C45H32N4O2+2. The van der Waals surface area contributed by atoms with E-state index in [0.29, 0.717) is 0 Å². The molecular weight excluding hydrogens is 629 g/mol. The summed E-state index contributed by atoms with van der Waals surface area (Å²) >= 11 is 0. The first kappa shape index (κ1) is 30.1.